The second kappa shape index (κ2) is 6.08. The number of nitrogens with zero attached hydrogens (tertiary/aromatic N) is 4. The lowest BCUT2D eigenvalue weighted by atomic mass is 10.3. The smallest absolute Gasteiger partial charge is 0.136 e. The minimum absolute atomic E-state index is 0.547. The van der Waals surface area contributed by atoms with E-state index < -0.39 is 0 Å². The van der Waals surface area contributed by atoms with Gasteiger partial charge in [0, 0.05) is 31.8 Å². The molecule has 0 bridgehead atoms. The van der Waals surface area contributed by atoms with E-state index in [-0.39, 0.29) is 0 Å². The molecule has 1 aliphatic carbocycles. The molecule has 1 N–H and O–H groups in total. The third kappa shape index (κ3) is 3.48. The minimum Gasteiger partial charge on any atom is -0.370 e. The molecule has 0 spiro atoms. The van der Waals surface area contributed by atoms with Crippen LogP contribution in [-0.2, 0) is 6.54 Å². The number of hydrogen-bond acceptors (Lipinski definition) is 5. The summed E-state index contributed by atoms with van der Waals surface area (Å²) >= 11 is 0. The van der Waals surface area contributed by atoms with Gasteiger partial charge in [0.25, 0.3) is 0 Å². The van der Waals surface area contributed by atoms with Crippen LogP contribution in [0.4, 0.5) is 11.6 Å². The predicted molar refractivity (Wildman–Crippen MR) is 84.5 cm³/mol. The van der Waals surface area contributed by atoms with Crippen LogP contribution in [0, 0.1) is 0 Å². The first-order valence-electron chi connectivity index (χ1n) is 7.50. The Kier molecular flexibility index (Phi) is 3.99. The Balaban J connectivity index is 1.82. The van der Waals surface area contributed by atoms with Crippen LogP contribution in [0.25, 0.3) is 0 Å². The summed E-state index contributed by atoms with van der Waals surface area (Å²) in [6.07, 6.45) is 4.24. The van der Waals surface area contributed by atoms with Gasteiger partial charge < -0.3 is 10.2 Å². The highest BCUT2D eigenvalue weighted by molar-refractivity contribution is 5.49. The van der Waals surface area contributed by atoms with Gasteiger partial charge in [0.2, 0.25) is 0 Å². The summed E-state index contributed by atoms with van der Waals surface area (Å²) in [6.45, 7) is 3.69. The molecule has 0 unspecified atom stereocenters. The van der Waals surface area contributed by atoms with Crippen molar-refractivity contribution >= 4 is 11.6 Å². The molecule has 0 aliphatic heterocycles. The Morgan fingerprint density at radius 2 is 2.14 bits per heavy atom. The Morgan fingerprint density at radius 3 is 2.81 bits per heavy atom. The van der Waals surface area contributed by atoms with Gasteiger partial charge in [-0.3, -0.25) is 4.98 Å². The van der Waals surface area contributed by atoms with Crippen LogP contribution in [0.15, 0.2) is 30.5 Å². The van der Waals surface area contributed by atoms with E-state index in [2.05, 4.69) is 27.1 Å². The van der Waals surface area contributed by atoms with Crippen molar-refractivity contribution in [1.82, 2.24) is 15.0 Å². The van der Waals surface area contributed by atoms with Crippen LogP contribution in [0.2, 0.25) is 0 Å². The molecule has 2 heterocycles. The normalized spacial score (nSPS) is 14.0. The average molecular weight is 283 g/mol. The largest absolute Gasteiger partial charge is 0.370 e. The lowest BCUT2D eigenvalue weighted by molar-refractivity contribution is 0.836. The molecule has 0 atom stereocenters. The Bertz CT molecular complexity index is 595. The first kappa shape index (κ1) is 13.8. The number of hydrogen-bond donors (Lipinski definition) is 1. The molecule has 1 fully saturated rings. The maximum absolute atomic E-state index is 4.72. The lowest BCUT2D eigenvalue weighted by Crippen LogP contribution is -2.19. The van der Waals surface area contributed by atoms with Crippen molar-refractivity contribution in [2.24, 2.45) is 0 Å². The molecule has 0 aromatic carbocycles. The Hall–Kier alpha value is -2.17. The third-order valence-corrected chi connectivity index (χ3v) is 3.55. The van der Waals surface area contributed by atoms with Gasteiger partial charge in [-0.25, -0.2) is 9.97 Å². The lowest BCUT2D eigenvalue weighted by Gasteiger charge is -2.19. The zero-order valence-electron chi connectivity index (χ0n) is 12.6. The number of rotatable bonds is 6. The van der Waals surface area contributed by atoms with Crippen LogP contribution in [0.5, 0.6) is 0 Å². The van der Waals surface area contributed by atoms with Gasteiger partial charge in [-0.15, -0.1) is 0 Å². The van der Waals surface area contributed by atoms with Crippen LogP contribution < -0.4 is 10.2 Å². The highest BCUT2D eigenvalue weighted by atomic mass is 15.2. The molecule has 0 radical (unpaired) electrons. The summed E-state index contributed by atoms with van der Waals surface area (Å²) in [6, 6.07) is 7.99. The van der Waals surface area contributed by atoms with Gasteiger partial charge in [-0.05, 0) is 31.9 Å². The van der Waals surface area contributed by atoms with E-state index in [1.54, 1.807) is 0 Å². The molecule has 110 valence electrons. The topological polar surface area (TPSA) is 53.9 Å². The van der Waals surface area contributed by atoms with Gasteiger partial charge in [-0.2, -0.15) is 0 Å². The van der Waals surface area contributed by atoms with Crippen molar-refractivity contribution in [2.45, 2.75) is 32.2 Å². The van der Waals surface area contributed by atoms with E-state index in [1.165, 1.54) is 12.8 Å². The van der Waals surface area contributed by atoms with Crippen molar-refractivity contribution in [3.8, 4) is 0 Å². The Morgan fingerprint density at radius 1 is 1.29 bits per heavy atom. The quantitative estimate of drug-likeness (QED) is 0.883. The van der Waals surface area contributed by atoms with Crippen molar-refractivity contribution in [3.63, 3.8) is 0 Å². The summed E-state index contributed by atoms with van der Waals surface area (Å²) in [7, 11) is 2.05. The zero-order valence-corrected chi connectivity index (χ0v) is 12.6. The molecule has 21 heavy (non-hydrogen) atoms. The van der Waals surface area contributed by atoms with Gasteiger partial charge in [0.1, 0.15) is 17.5 Å². The summed E-state index contributed by atoms with van der Waals surface area (Å²) in [5, 5.41) is 3.30. The van der Waals surface area contributed by atoms with Crippen LogP contribution >= 0.6 is 0 Å². The van der Waals surface area contributed by atoms with Crippen molar-refractivity contribution in [2.75, 3.05) is 23.8 Å². The van der Waals surface area contributed by atoms with E-state index in [9.17, 15) is 0 Å². The molecule has 2 aromatic heterocycles. The Labute approximate surface area is 125 Å². The molecule has 0 amide bonds. The second-order valence-corrected chi connectivity index (χ2v) is 5.45. The molecule has 5 nitrogen and oxygen atoms in total. The first-order valence-corrected chi connectivity index (χ1v) is 7.50. The maximum Gasteiger partial charge on any atom is 0.136 e. The molecule has 1 saturated carbocycles. The first-order chi connectivity index (χ1) is 10.3. The fourth-order valence-electron chi connectivity index (χ4n) is 2.26. The molecular weight excluding hydrogens is 262 g/mol. The van der Waals surface area contributed by atoms with E-state index in [0.717, 1.165) is 36.2 Å². The number of pyridine rings is 1. The number of aromatic nitrogens is 3. The van der Waals surface area contributed by atoms with E-state index in [1.807, 2.05) is 37.5 Å². The van der Waals surface area contributed by atoms with Crippen molar-refractivity contribution < 1.29 is 0 Å². The summed E-state index contributed by atoms with van der Waals surface area (Å²) in [4.78, 5) is 15.8. The van der Waals surface area contributed by atoms with E-state index >= 15 is 0 Å². The third-order valence-electron chi connectivity index (χ3n) is 3.55. The maximum atomic E-state index is 4.72. The molecule has 0 saturated heterocycles. The minimum atomic E-state index is 0.547. The van der Waals surface area contributed by atoms with Crippen LogP contribution in [0.3, 0.4) is 0 Å². The highest BCUT2D eigenvalue weighted by Crippen LogP contribution is 2.39. The summed E-state index contributed by atoms with van der Waals surface area (Å²) in [5.41, 5.74) is 1.04. The molecular formula is C16H21N5. The number of anilines is 2. The highest BCUT2D eigenvalue weighted by Gasteiger charge is 2.27. The van der Waals surface area contributed by atoms with Gasteiger partial charge in [0.05, 0.1) is 12.2 Å². The molecule has 1 aliphatic rings. The van der Waals surface area contributed by atoms with Crippen LogP contribution in [0.1, 0.15) is 37.2 Å². The molecule has 2 aromatic rings. The average Bonchev–Trinajstić information content (AvgIpc) is 3.33. The summed E-state index contributed by atoms with van der Waals surface area (Å²) < 4.78 is 0. The summed E-state index contributed by atoms with van der Waals surface area (Å²) in [5.74, 6) is 3.38. The standard InChI is InChI=1S/C16H21N5/c1-3-17-14-10-15(20-16(19-14)12-7-8-12)21(2)11-13-6-4-5-9-18-13/h4-6,9-10,12H,3,7-8,11H2,1-2H3,(H,17,19,20). The predicted octanol–water partition coefficient (Wildman–Crippen LogP) is 2.82. The van der Waals surface area contributed by atoms with E-state index in [0.29, 0.717) is 5.92 Å². The van der Waals surface area contributed by atoms with Gasteiger partial charge >= 0.3 is 0 Å². The van der Waals surface area contributed by atoms with Crippen LogP contribution in [-0.4, -0.2) is 28.5 Å². The van der Waals surface area contributed by atoms with Gasteiger partial charge in [0.15, 0.2) is 0 Å². The monoisotopic (exact) mass is 283 g/mol. The number of nitrogens with one attached hydrogen (secondary N) is 1. The fraction of sp³-hybridized carbons (Fsp3) is 0.438. The zero-order chi connectivity index (χ0) is 14.7. The van der Waals surface area contributed by atoms with Crippen molar-refractivity contribution in [3.05, 3.63) is 42.0 Å². The van der Waals surface area contributed by atoms with E-state index in [4.69, 9.17) is 4.98 Å². The SMILES string of the molecule is CCNc1cc(N(C)Cc2ccccn2)nc(C2CC2)n1. The molecule has 5 heteroatoms. The van der Waals surface area contributed by atoms with Gasteiger partial charge in [-0.1, -0.05) is 6.07 Å². The van der Waals surface area contributed by atoms with Crippen molar-refractivity contribution in [1.29, 1.82) is 0 Å². The molecule has 3 rings (SSSR count). The fourth-order valence-corrected chi connectivity index (χ4v) is 2.26. The second-order valence-electron chi connectivity index (χ2n) is 5.45.